The average Bonchev–Trinajstić information content (AvgIpc) is 2.55. The van der Waals surface area contributed by atoms with Crippen molar-refractivity contribution < 1.29 is 13.6 Å². The molecule has 0 aromatic heterocycles. The Kier molecular flexibility index (Phi) is 7.82. The van der Waals surface area contributed by atoms with Gasteiger partial charge in [0.05, 0.1) is 12.6 Å². The van der Waals surface area contributed by atoms with Crippen LogP contribution in [0.2, 0.25) is 0 Å². The van der Waals surface area contributed by atoms with Gasteiger partial charge in [-0.3, -0.25) is 4.79 Å². The Morgan fingerprint density at radius 3 is 2.21 bits per heavy atom. The zero-order valence-electron chi connectivity index (χ0n) is 13.4. The first-order valence-corrected chi connectivity index (χ1v) is 7.54. The summed E-state index contributed by atoms with van der Waals surface area (Å²) in [6, 6.07) is 12.3. The van der Waals surface area contributed by atoms with Gasteiger partial charge in [0, 0.05) is 12.1 Å². The van der Waals surface area contributed by atoms with E-state index in [4.69, 9.17) is 5.73 Å². The largest absolute Gasteiger partial charge is 0.337 e. The fourth-order valence-corrected chi connectivity index (χ4v) is 2.41. The van der Waals surface area contributed by atoms with Gasteiger partial charge in [-0.15, -0.1) is 12.4 Å². The molecule has 6 heteroatoms. The second-order valence-corrected chi connectivity index (χ2v) is 5.35. The van der Waals surface area contributed by atoms with E-state index in [1.807, 2.05) is 30.3 Å². The molecule has 0 fully saturated rings. The van der Waals surface area contributed by atoms with E-state index in [0.29, 0.717) is 13.0 Å². The first kappa shape index (κ1) is 20.1. The number of carbonyl (C=O) groups excluding carboxylic acids is 1. The normalized spacial score (nSPS) is 11.5. The van der Waals surface area contributed by atoms with Gasteiger partial charge in [0.15, 0.2) is 0 Å². The molecule has 0 saturated heterocycles. The Labute approximate surface area is 146 Å². The fraction of sp³-hybridized carbons (Fsp3) is 0.278. The molecule has 0 bridgehead atoms. The maximum Gasteiger partial charge on any atom is 0.240 e. The lowest BCUT2D eigenvalue weighted by atomic mass is 10.1. The molecule has 1 atom stereocenters. The van der Waals surface area contributed by atoms with Crippen LogP contribution in [-0.4, -0.2) is 23.4 Å². The highest BCUT2D eigenvalue weighted by Gasteiger charge is 2.22. The minimum atomic E-state index is -0.743. The molecule has 2 aromatic rings. The highest BCUT2D eigenvalue weighted by molar-refractivity contribution is 5.85. The van der Waals surface area contributed by atoms with Gasteiger partial charge < -0.3 is 10.6 Å². The number of hydrogen-bond acceptors (Lipinski definition) is 2. The van der Waals surface area contributed by atoms with E-state index < -0.39 is 17.7 Å². The summed E-state index contributed by atoms with van der Waals surface area (Å²) >= 11 is 0. The highest BCUT2D eigenvalue weighted by atomic mass is 35.5. The van der Waals surface area contributed by atoms with E-state index in [0.717, 1.165) is 5.56 Å². The van der Waals surface area contributed by atoms with Crippen LogP contribution in [0.4, 0.5) is 8.78 Å². The van der Waals surface area contributed by atoms with Crippen molar-refractivity contribution in [2.24, 2.45) is 5.73 Å². The van der Waals surface area contributed by atoms with Crippen molar-refractivity contribution in [2.45, 2.75) is 25.9 Å². The van der Waals surface area contributed by atoms with Gasteiger partial charge in [0.25, 0.3) is 0 Å². The van der Waals surface area contributed by atoms with Crippen molar-refractivity contribution in [3.63, 3.8) is 0 Å². The van der Waals surface area contributed by atoms with E-state index in [1.54, 1.807) is 6.92 Å². The molecule has 0 saturated carbocycles. The van der Waals surface area contributed by atoms with Gasteiger partial charge in [0.1, 0.15) is 11.6 Å². The Hall–Kier alpha value is -1.98. The van der Waals surface area contributed by atoms with Gasteiger partial charge in [0.2, 0.25) is 5.91 Å². The number of nitrogens with two attached hydrogens (primary N) is 1. The number of benzene rings is 2. The molecule has 2 rings (SSSR count). The lowest BCUT2D eigenvalue weighted by molar-refractivity contribution is -0.133. The summed E-state index contributed by atoms with van der Waals surface area (Å²) in [5, 5.41) is 0. The molecule has 3 nitrogen and oxygen atoms in total. The molecule has 0 aliphatic carbocycles. The lowest BCUT2D eigenvalue weighted by Crippen LogP contribution is -2.44. The van der Waals surface area contributed by atoms with Gasteiger partial charge >= 0.3 is 0 Å². The summed E-state index contributed by atoms with van der Waals surface area (Å²) < 4.78 is 27.5. The maximum absolute atomic E-state index is 13.7. The van der Waals surface area contributed by atoms with Crippen molar-refractivity contribution in [3.05, 3.63) is 71.3 Å². The molecule has 0 aliphatic heterocycles. The van der Waals surface area contributed by atoms with Crippen molar-refractivity contribution >= 4 is 18.3 Å². The van der Waals surface area contributed by atoms with Gasteiger partial charge in [-0.1, -0.05) is 36.4 Å². The second kappa shape index (κ2) is 9.35. The first-order valence-electron chi connectivity index (χ1n) is 7.54. The van der Waals surface area contributed by atoms with E-state index in [1.165, 1.54) is 23.1 Å². The predicted octanol–water partition coefficient (Wildman–Crippen LogP) is 3.31. The van der Waals surface area contributed by atoms with Crippen LogP contribution in [0.5, 0.6) is 0 Å². The molecule has 24 heavy (non-hydrogen) atoms. The van der Waals surface area contributed by atoms with Crippen LogP contribution >= 0.6 is 12.4 Å². The summed E-state index contributed by atoms with van der Waals surface area (Å²) in [7, 11) is 0. The van der Waals surface area contributed by atoms with Gasteiger partial charge in [-0.25, -0.2) is 8.78 Å². The molecule has 2 aromatic carbocycles. The molecule has 0 heterocycles. The number of rotatable bonds is 6. The standard InChI is InChI=1S/C18H20F2N2O.ClH/c1-2-22(12-14-15(19)9-6-10-16(14)20)18(23)17(21)11-13-7-4-3-5-8-13;/h3-10,17H,2,11-12,21H2,1H3;1H/t17-;/m0./s1. The summed E-state index contributed by atoms with van der Waals surface area (Å²) in [6.45, 7) is 1.96. The molecule has 0 aliphatic rings. The quantitative estimate of drug-likeness (QED) is 0.865. The van der Waals surface area contributed by atoms with Crippen LogP contribution in [0.15, 0.2) is 48.5 Å². The van der Waals surface area contributed by atoms with E-state index in [2.05, 4.69) is 0 Å². The van der Waals surface area contributed by atoms with Crippen LogP contribution in [0.25, 0.3) is 0 Å². The number of likely N-dealkylation sites (N-methyl/N-ethyl adjacent to an activating group) is 1. The number of hydrogen-bond donors (Lipinski definition) is 1. The molecule has 0 radical (unpaired) electrons. The monoisotopic (exact) mass is 354 g/mol. The summed E-state index contributed by atoms with van der Waals surface area (Å²) in [5.74, 6) is -1.64. The van der Waals surface area contributed by atoms with Gasteiger partial charge in [-0.2, -0.15) is 0 Å². The highest BCUT2D eigenvalue weighted by Crippen LogP contribution is 2.15. The van der Waals surface area contributed by atoms with E-state index in [9.17, 15) is 13.6 Å². The van der Waals surface area contributed by atoms with Crippen LogP contribution in [-0.2, 0) is 17.8 Å². The molecule has 0 spiro atoms. The van der Waals surface area contributed by atoms with Crippen molar-refractivity contribution in [1.82, 2.24) is 4.90 Å². The number of carbonyl (C=O) groups is 1. The van der Waals surface area contributed by atoms with Crippen LogP contribution in [0.3, 0.4) is 0 Å². The topological polar surface area (TPSA) is 46.3 Å². The van der Waals surface area contributed by atoms with Crippen LogP contribution < -0.4 is 5.73 Å². The second-order valence-electron chi connectivity index (χ2n) is 5.35. The third-order valence-electron chi connectivity index (χ3n) is 3.72. The van der Waals surface area contributed by atoms with Crippen molar-refractivity contribution in [3.8, 4) is 0 Å². The number of amides is 1. The number of nitrogens with zero attached hydrogens (tertiary/aromatic N) is 1. The van der Waals surface area contributed by atoms with Gasteiger partial charge in [-0.05, 0) is 31.0 Å². The summed E-state index contributed by atoms with van der Waals surface area (Å²) in [4.78, 5) is 13.8. The lowest BCUT2D eigenvalue weighted by Gasteiger charge is -2.25. The van der Waals surface area contributed by atoms with E-state index in [-0.39, 0.29) is 30.4 Å². The van der Waals surface area contributed by atoms with Crippen LogP contribution in [0, 0.1) is 11.6 Å². The third-order valence-corrected chi connectivity index (χ3v) is 3.72. The smallest absolute Gasteiger partial charge is 0.240 e. The summed E-state index contributed by atoms with van der Waals surface area (Å²) in [5.41, 5.74) is 6.81. The Balaban J connectivity index is 0.00000288. The molecule has 0 unspecified atom stereocenters. The molecular weight excluding hydrogens is 334 g/mol. The number of halogens is 3. The Morgan fingerprint density at radius 2 is 1.67 bits per heavy atom. The molecule has 130 valence electrons. The van der Waals surface area contributed by atoms with Crippen LogP contribution in [0.1, 0.15) is 18.1 Å². The third kappa shape index (κ3) is 5.01. The predicted molar refractivity (Wildman–Crippen MR) is 92.8 cm³/mol. The van der Waals surface area contributed by atoms with Crippen molar-refractivity contribution in [1.29, 1.82) is 0 Å². The minimum Gasteiger partial charge on any atom is -0.337 e. The Bertz CT molecular complexity index is 647. The molecular formula is C18H21ClF2N2O. The molecule has 1 amide bonds. The molecule has 2 N–H and O–H groups in total. The fourth-order valence-electron chi connectivity index (χ4n) is 2.41. The first-order chi connectivity index (χ1) is 11.0. The minimum absolute atomic E-state index is 0. The zero-order valence-corrected chi connectivity index (χ0v) is 14.2. The Morgan fingerprint density at radius 1 is 1.08 bits per heavy atom. The summed E-state index contributed by atoms with van der Waals surface area (Å²) in [6.07, 6.45) is 0.385. The van der Waals surface area contributed by atoms with E-state index >= 15 is 0 Å². The maximum atomic E-state index is 13.7. The zero-order chi connectivity index (χ0) is 16.8. The van der Waals surface area contributed by atoms with Crippen molar-refractivity contribution in [2.75, 3.05) is 6.54 Å². The SMILES string of the molecule is CCN(Cc1c(F)cccc1F)C(=O)[C@@H](N)Cc1ccccc1.Cl. The average molecular weight is 355 g/mol.